The van der Waals surface area contributed by atoms with Crippen LogP contribution in [0.25, 0.3) is 0 Å². The average Bonchev–Trinajstić information content (AvgIpc) is 2.68. The Hall–Kier alpha value is -0.860. The summed E-state index contributed by atoms with van der Waals surface area (Å²) in [5, 5.41) is 0. The summed E-state index contributed by atoms with van der Waals surface area (Å²) in [6.45, 7) is 2.20. The molecular formula is C18H28N2. The Morgan fingerprint density at radius 3 is 2.20 bits per heavy atom. The first kappa shape index (κ1) is 14.1. The van der Waals surface area contributed by atoms with Crippen LogP contribution >= 0.6 is 0 Å². The predicted octanol–water partition coefficient (Wildman–Crippen LogP) is 2.99. The van der Waals surface area contributed by atoms with Gasteiger partial charge in [-0.2, -0.15) is 0 Å². The van der Waals surface area contributed by atoms with E-state index in [1.165, 1.54) is 36.8 Å². The van der Waals surface area contributed by atoms with Gasteiger partial charge in [-0.05, 0) is 62.6 Å². The molecule has 1 aromatic carbocycles. The molecule has 0 aliphatic carbocycles. The fourth-order valence-electron chi connectivity index (χ4n) is 4.15. The lowest BCUT2D eigenvalue weighted by atomic mass is 9.83. The zero-order chi connectivity index (χ0) is 14.1. The third-order valence-electron chi connectivity index (χ3n) is 5.64. The molecule has 0 saturated carbocycles. The summed E-state index contributed by atoms with van der Waals surface area (Å²) in [4.78, 5) is 2.60. The molecule has 0 spiro atoms. The molecule has 2 nitrogen and oxygen atoms in total. The molecule has 1 aromatic rings. The number of fused-ring (bicyclic) bond motifs is 2. The lowest BCUT2D eigenvalue weighted by Gasteiger charge is -2.38. The number of rotatable bonds is 4. The Kier molecular flexibility index (Phi) is 4.13. The van der Waals surface area contributed by atoms with Crippen molar-refractivity contribution in [2.45, 2.75) is 63.6 Å². The molecule has 2 aliphatic heterocycles. The third-order valence-corrected chi connectivity index (χ3v) is 5.64. The molecule has 3 unspecified atom stereocenters. The monoisotopic (exact) mass is 272 g/mol. The Morgan fingerprint density at radius 1 is 1.10 bits per heavy atom. The molecule has 2 saturated heterocycles. The summed E-state index contributed by atoms with van der Waals surface area (Å²) in [6, 6.07) is 11.0. The topological polar surface area (TPSA) is 29.3 Å². The first-order chi connectivity index (χ1) is 9.67. The van der Waals surface area contributed by atoms with E-state index in [1.54, 1.807) is 0 Å². The van der Waals surface area contributed by atoms with E-state index in [0.29, 0.717) is 6.04 Å². The lowest BCUT2D eigenvalue weighted by Crippen LogP contribution is -2.46. The minimum absolute atomic E-state index is 0.333. The van der Waals surface area contributed by atoms with Crippen LogP contribution in [0.5, 0.6) is 0 Å². The molecule has 2 fully saturated rings. The van der Waals surface area contributed by atoms with Crippen LogP contribution in [-0.2, 0) is 12.8 Å². The van der Waals surface area contributed by atoms with Crippen LogP contribution in [0.15, 0.2) is 24.3 Å². The number of hydrogen-bond acceptors (Lipinski definition) is 2. The summed E-state index contributed by atoms with van der Waals surface area (Å²) in [6.07, 6.45) is 7.54. The second-order valence-electron chi connectivity index (χ2n) is 6.82. The van der Waals surface area contributed by atoms with Crippen molar-refractivity contribution in [1.29, 1.82) is 0 Å². The first-order valence-electron chi connectivity index (χ1n) is 8.22. The summed E-state index contributed by atoms with van der Waals surface area (Å²) in [7, 11) is 2.30. The number of benzene rings is 1. The van der Waals surface area contributed by atoms with E-state index in [2.05, 4.69) is 43.1 Å². The molecule has 3 atom stereocenters. The van der Waals surface area contributed by atoms with Gasteiger partial charge in [0.05, 0.1) is 0 Å². The van der Waals surface area contributed by atoms with Gasteiger partial charge in [-0.3, -0.25) is 0 Å². The van der Waals surface area contributed by atoms with Crippen molar-refractivity contribution >= 4 is 0 Å². The minimum atomic E-state index is 0.333. The zero-order valence-corrected chi connectivity index (χ0v) is 12.9. The van der Waals surface area contributed by atoms with E-state index in [4.69, 9.17) is 5.73 Å². The molecule has 0 radical (unpaired) electrons. The summed E-state index contributed by atoms with van der Waals surface area (Å²) in [5.41, 5.74) is 9.35. The van der Waals surface area contributed by atoms with Gasteiger partial charge in [0.2, 0.25) is 0 Å². The van der Waals surface area contributed by atoms with Crippen molar-refractivity contribution in [3.05, 3.63) is 35.4 Å². The lowest BCUT2D eigenvalue weighted by molar-refractivity contribution is 0.120. The SMILES string of the molecule is CCc1ccc(CC(N)C2CC3CCC(C2)N3C)cc1. The minimum Gasteiger partial charge on any atom is -0.327 e. The maximum absolute atomic E-state index is 6.53. The van der Waals surface area contributed by atoms with Crippen molar-refractivity contribution in [2.75, 3.05) is 7.05 Å². The van der Waals surface area contributed by atoms with Crippen molar-refractivity contribution in [1.82, 2.24) is 4.90 Å². The molecule has 0 aromatic heterocycles. The van der Waals surface area contributed by atoms with Gasteiger partial charge in [-0.25, -0.2) is 0 Å². The Bertz CT molecular complexity index is 425. The Balaban J connectivity index is 1.60. The molecule has 3 rings (SSSR count). The van der Waals surface area contributed by atoms with Crippen LogP contribution in [0.2, 0.25) is 0 Å². The molecule has 2 bridgehead atoms. The van der Waals surface area contributed by atoms with E-state index in [0.717, 1.165) is 30.8 Å². The largest absolute Gasteiger partial charge is 0.327 e. The van der Waals surface area contributed by atoms with Gasteiger partial charge in [0.25, 0.3) is 0 Å². The second kappa shape index (κ2) is 5.87. The standard InChI is InChI=1S/C18H28N2/c1-3-13-4-6-14(7-5-13)10-18(19)15-11-16-8-9-17(12-15)20(16)2/h4-7,15-18H,3,8-12,19H2,1-2H3. The summed E-state index contributed by atoms with van der Waals surface area (Å²) in [5.74, 6) is 0.717. The predicted molar refractivity (Wildman–Crippen MR) is 84.8 cm³/mol. The van der Waals surface area contributed by atoms with E-state index in [-0.39, 0.29) is 0 Å². The van der Waals surface area contributed by atoms with Gasteiger partial charge >= 0.3 is 0 Å². The molecule has 2 heterocycles. The third kappa shape index (κ3) is 2.77. The van der Waals surface area contributed by atoms with Crippen LogP contribution < -0.4 is 5.73 Å². The number of nitrogens with two attached hydrogens (primary N) is 1. The average molecular weight is 272 g/mol. The highest BCUT2D eigenvalue weighted by atomic mass is 15.2. The van der Waals surface area contributed by atoms with Gasteiger partial charge in [-0.15, -0.1) is 0 Å². The number of hydrogen-bond donors (Lipinski definition) is 1. The van der Waals surface area contributed by atoms with Crippen LogP contribution in [0, 0.1) is 5.92 Å². The molecule has 0 amide bonds. The maximum Gasteiger partial charge on any atom is 0.0109 e. The maximum atomic E-state index is 6.53. The summed E-state index contributed by atoms with van der Waals surface area (Å²) < 4.78 is 0. The van der Waals surface area contributed by atoms with Gasteiger partial charge in [0.15, 0.2) is 0 Å². The Morgan fingerprint density at radius 2 is 1.65 bits per heavy atom. The normalized spacial score (nSPS) is 31.4. The van der Waals surface area contributed by atoms with E-state index in [9.17, 15) is 0 Å². The second-order valence-corrected chi connectivity index (χ2v) is 6.82. The number of aryl methyl sites for hydroxylation is 1. The molecular weight excluding hydrogens is 244 g/mol. The highest BCUT2D eigenvalue weighted by molar-refractivity contribution is 5.23. The van der Waals surface area contributed by atoms with Crippen molar-refractivity contribution < 1.29 is 0 Å². The number of piperidine rings is 1. The van der Waals surface area contributed by atoms with E-state index in [1.807, 2.05) is 0 Å². The van der Waals surface area contributed by atoms with Crippen LogP contribution in [-0.4, -0.2) is 30.1 Å². The molecule has 110 valence electrons. The Labute approximate surface area is 123 Å². The van der Waals surface area contributed by atoms with Crippen LogP contribution in [0.1, 0.15) is 43.7 Å². The zero-order valence-electron chi connectivity index (χ0n) is 12.9. The molecule has 2 aliphatic rings. The van der Waals surface area contributed by atoms with E-state index >= 15 is 0 Å². The molecule has 20 heavy (non-hydrogen) atoms. The van der Waals surface area contributed by atoms with Crippen molar-refractivity contribution in [2.24, 2.45) is 11.7 Å². The highest BCUT2D eigenvalue weighted by Crippen LogP contribution is 2.38. The van der Waals surface area contributed by atoms with Gasteiger partial charge in [-0.1, -0.05) is 31.2 Å². The van der Waals surface area contributed by atoms with E-state index < -0.39 is 0 Å². The molecule has 2 N–H and O–H groups in total. The van der Waals surface area contributed by atoms with Crippen molar-refractivity contribution in [3.8, 4) is 0 Å². The quantitative estimate of drug-likeness (QED) is 0.913. The first-order valence-corrected chi connectivity index (χ1v) is 8.22. The van der Waals surface area contributed by atoms with Crippen LogP contribution in [0.4, 0.5) is 0 Å². The number of nitrogens with zero attached hydrogens (tertiary/aromatic N) is 1. The van der Waals surface area contributed by atoms with Crippen molar-refractivity contribution in [3.63, 3.8) is 0 Å². The van der Waals surface area contributed by atoms with Gasteiger partial charge in [0, 0.05) is 18.1 Å². The molecule has 2 heteroatoms. The highest BCUT2D eigenvalue weighted by Gasteiger charge is 2.40. The summed E-state index contributed by atoms with van der Waals surface area (Å²) >= 11 is 0. The fraction of sp³-hybridized carbons (Fsp3) is 0.667. The van der Waals surface area contributed by atoms with Gasteiger partial charge < -0.3 is 10.6 Å². The smallest absolute Gasteiger partial charge is 0.0109 e. The fourth-order valence-corrected chi connectivity index (χ4v) is 4.15. The van der Waals surface area contributed by atoms with Gasteiger partial charge in [0.1, 0.15) is 0 Å². The van der Waals surface area contributed by atoms with Crippen LogP contribution in [0.3, 0.4) is 0 Å².